The summed E-state index contributed by atoms with van der Waals surface area (Å²) >= 11 is 1.62. The van der Waals surface area contributed by atoms with Gasteiger partial charge in [0.15, 0.2) is 5.82 Å². The fraction of sp³-hybridized carbons (Fsp3) is 0.400. The van der Waals surface area contributed by atoms with E-state index in [2.05, 4.69) is 28.4 Å². The van der Waals surface area contributed by atoms with E-state index in [1.807, 2.05) is 10.6 Å². The normalized spacial score (nSPS) is 15.5. The molecule has 0 saturated heterocycles. The highest BCUT2D eigenvalue weighted by atomic mass is 32.1. The minimum absolute atomic E-state index is 0.547. The van der Waals surface area contributed by atoms with Crippen LogP contribution in [0.2, 0.25) is 0 Å². The van der Waals surface area contributed by atoms with Gasteiger partial charge in [0.25, 0.3) is 0 Å². The molecule has 0 aliphatic heterocycles. The van der Waals surface area contributed by atoms with Crippen molar-refractivity contribution in [3.8, 4) is 0 Å². The minimum atomic E-state index is 0.547. The Hall–Kier alpha value is -1.79. The molecular weight excluding hydrogens is 282 g/mol. The fourth-order valence-electron chi connectivity index (χ4n) is 2.76. The molecule has 5 nitrogen and oxygen atoms in total. The molecule has 6 heteroatoms. The molecule has 2 heterocycles. The average molecular weight is 299 g/mol. The van der Waals surface area contributed by atoms with Gasteiger partial charge in [-0.25, -0.2) is 0 Å². The van der Waals surface area contributed by atoms with Crippen LogP contribution in [0.3, 0.4) is 0 Å². The molecule has 1 aromatic carbocycles. The van der Waals surface area contributed by atoms with Crippen LogP contribution in [0.1, 0.15) is 47.1 Å². The van der Waals surface area contributed by atoms with E-state index in [-0.39, 0.29) is 0 Å². The smallest absolute Gasteiger partial charge is 0.234 e. The van der Waals surface area contributed by atoms with E-state index >= 15 is 0 Å². The van der Waals surface area contributed by atoms with E-state index in [9.17, 15) is 0 Å². The zero-order valence-corrected chi connectivity index (χ0v) is 12.5. The largest absolute Gasteiger partial charge is 0.326 e. The van der Waals surface area contributed by atoms with Crippen molar-refractivity contribution in [1.29, 1.82) is 0 Å². The maximum absolute atomic E-state index is 5.80. The third-order valence-electron chi connectivity index (χ3n) is 4.21. The Morgan fingerprint density at radius 2 is 2.00 bits per heavy atom. The third kappa shape index (κ3) is 2.24. The van der Waals surface area contributed by atoms with Crippen LogP contribution in [-0.4, -0.2) is 19.8 Å². The predicted molar refractivity (Wildman–Crippen MR) is 82.4 cm³/mol. The molecular formula is C15H17N5S. The summed E-state index contributed by atoms with van der Waals surface area (Å²) in [5.41, 5.74) is 8.23. The lowest BCUT2D eigenvalue weighted by Gasteiger charge is -2.22. The van der Waals surface area contributed by atoms with Gasteiger partial charge in [0.1, 0.15) is 5.01 Å². The van der Waals surface area contributed by atoms with Crippen LogP contribution in [0, 0.1) is 0 Å². The van der Waals surface area contributed by atoms with Crippen LogP contribution in [0.15, 0.2) is 24.3 Å². The van der Waals surface area contributed by atoms with Crippen LogP contribution in [0.25, 0.3) is 4.96 Å². The van der Waals surface area contributed by atoms with Gasteiger partial charge < -0.3 is 5.73 Å². The van der Waals surface area contributed by atoms with Crippen molar-refractivity contribution in [1.82, 2.24) is 19.8 Å². The molecule has 1 aliphatic carbocycles. The molecule has 0 unspecified atom stereocenters. The summed E-state index contributed by atoms with van der Waals surface area (Å²) in [6, 6.07) is 8.28. The van der Waals surface area contributed by atoms with Gasteiger partial charge >= 0.3 is 0 Å². The third-order valence-corrected chi connectivity index (χ3v) is 5.11. The van der Waals surface area contributed by atoms with E-state index in [1.165, 1.54) is 30.4 Å². The topological polar surface area (TPSA) is 69.1 Å². The number of hydrogen-bond donors (Lipinski definition) is 1. The van der Waals surface area contributed by atoms with Gasteiger partial charge in [-0.3, -0.25) is 0 Å². The molecule has 1 fully saturated rings. The Balaban J connectivity index is 1.66. The molecule has 2 N–H and O–H groups in total. The first-order chi connectivity index (χ1) is 10.3. The summed E-state index contributed by atoms with van der Waals surface area (Å²) in [5, 5.41) is 14.4. The highest BCUT2D eigenvalue weighted by Gasteiger charge is 2.26. The van der Waals surface area contributed by atoms with Crippen molar-refractivity contribution in [3.63, 3.8) is 0 Å². The Morgan fingerprint density at radius 3 is 2.71 bits per heavy atom. The van der Waals surface area contributed by atoms with Gasteiger partial charge in [0.05, 0.1) is 0 Å². The minimum Gasteiger partial charge on any atom is -0.326 e. The molecule has 1 aliphatic rings. The quantitative estimate of drug-likeness (QED) is 0.803. The van der Waals surface area contributed by atoms with E-state index in [0.29, 0.717) is 12.5 Å². The first kappa shape index (κ1) is 12.9. The number of benzene rings is 1. The van der Waals surface area contributed by atoms with Crippen LogP contribution >= 0.6 is 11.3 Å². The number of hydrogen-bond acceptors (Lipinski definition) is 5. The monoisotopic (exact) mass is 299 g/mol. The van der Waals surface area contributed by atoms with E-state index < -0.39 is 0 Å². The highest BCUT2D eigenvalue weighted by molar-refractivity contribution is 7.16. The molecule has 0 radical (unpaired) electrons. The number of aromatic nitrogens is 4. The van der Waals surface area contributed by atoms with E-state index in [0.717, 1.165) is 22.2 Å². The summed E-state index contributed by atoms with van der Waals surface area (Å²) in [5.74, 6) is 1.58. The summed E-state index contributed by atoms with van der Waals surface area (Å²) in [4.78, 5) is 0.900. The molecule has 0 amide bonds. The maximum Gasteiger partial charge on any atom is 0.234 e. The van der Waals surface area contributed by atoms with Gasteiger partial charge in [0, 0.05) is 18.9 Å². The van der Waals surface area contributed by atoms with Crippen molar-refractivity contribution in [3.05, 3.63) is 46.2 Å². The van der Waals surface area contributed by atoms with Crippen molar-refractivity contribution < 1.29 is 0 Å². The van der Waals surface area contributed by atoms with Crippen LogP contribution in [0.4, 0.5) is 0 Å². The second-order valence-corrected chi connectivity index (χ2v) is 6.57. The zero-order chi connectivity index (χ0) is 14.2. The number of nitrogens with two attached hydrogens (primary N) is 1. The Labute approximate surface area is 126 Å². The van der Waals surface area contributed by atoms with Crippen molar-refractivity contribution >= 4 is 16.3 Å². The summed E-state index contributed by atoms with van der Waals surface area (Å²) < 4.78 is 1.94. The second-order valence-electron chi connectivity index (χ2n) is 5.53. The van der Waals surface area contributed by atoms with Gasteiger partial charge in [-0.1, -0.05) is 42.0 Å². The van der Waals surface area contributed by atoms with Crippen molar-refractivity contribution in [2.24, 2.45) is 5.73 Å². The lowest BCUT2D eigenvalue weighted by atomic mass is 9.85. The van der Waals surface area contributed by atoms with Crippen molar-refractivity contribution in [2.45, 2.75) is 38.1 Å². The van der Waals surface area contributed by atoms with Crippen LogP contribution in [0.5, 0.6) is 0 Å². The highest BCUT2D eigenvalue weighted by Crippen LogP contribution is 2.35. The Kier molecular flexibility index (Phi) is 3.20. The first-order valence-electron chi connectivity index (χ1n) is 7.33. The number of fused-ring (bicyclic) bond motifs is 1. The molecule has 0 bridgehead atoms. The Bertz CT molecular complexity index is 771. The molecule has 2 aromatic heterocycles. The van der Waals surface area contributed by atoms with Gasteiger partial charge in [-0.2, -0.15) is 9.61 Å². The van der Waals surface area contributed by atoms with Gasteiger partial charge in [0.2, 0.25) is 4.96 Å². The summed E-state index contributed by atoms with van der Waals surface area (Å²) in [6.45, 7) is 0.563. The van der Waals surface area contributed by atoms with E-state index in [1.54, 1.807) is 11.3 Å². The van der Waals surface area contributed by atoms with E-state index in [4.69, 9.17) is 10.8 Å². The lowest BCUT2D eigenvalue weighted by Crippen LogP contribution is -2.13. The molecule has 108 valence electrons. The summed E-state index contributed by atoms with van der Waals surface area (Å²) in [7, 11) is 0. The number of rotatable bonds is 4. The van der Waals surface area contributed by atoms with Crippen molar-refractivity contribution in [2.75, 3.05) is 0 Å². The maximum atomic E-state index is 5.80. The van der Waals surface area contributed by atoms with Crippen LogP contribution in [-0.2, 0) is 13.0 Å². The van der Waals surface area contributed by atoms with Gasteiger partial charge in [-0.05, 0) is 24.0 Å². The second kappa shape index (κ2) is 5.20. The van der Waals surface area contributed by atoms with Gasteiger partial charge in [-0.15, -0.1) is 10.2 Å². The lowest BCUT2D eigenvalue weighted by molar-refractivity contribution is 0.395. The average Bonchev–Trinajstić information content (AvgIpc) is 2.99. The molecule has 3 aromatic rings. The SMILES string of the molecule is NCc1ccccc1Cc1nn2c(C3CCC3)nnc2s1. The molecule has 4 rings (SSSR count). The zero-order valence-electron chi connectivity index (χ0n) is 11.7. The molecule has 0 spiro atoms. The van der Waals surface area contributed by atoms with Crippen LogP contribution < -0.4 is 5.73 Å². The predicted octanol–water partition coefficient (Wildman–Crippen LogP) is 2.50. The fourth-order valence-corrected chi connectivity index (χ4v) is 3.62. The Morgan fingerprint density at radius 1 is 1.19 bits per heavy atom. The number of nitrogens with zero attached hydrogens (tertiary/aromatic N) is 4. The molecule has 0 atom stereocenters. The molecule has 1 saturated carbocycles. The molecule has 21 heavy (non-hydrogen) atoms. The summed E-state index contributed by atoms with van der Waals surface area (Å²) in [6.07, 6.45) is 4.53. The first-order valence-corrected chi connectivity index (χ1v) is 8.14. The standard InChI is InChI=1S/C15H17N5S/c16-9-12-5-2-1-4-11(12)8-13-19-20-14(10-6-3-7-10)17-18-15(20)21-13/h1-2,4-5,10H,3,6-9,16H2.